The average Bonchev–Trinajstić information content (AvgIpc) is 2.89. The SMILES string of the molecule is Cn1c(=O)n(C2[C@H]3CN(C(=O)OC(C)(C)C)C[C@@H]23)c2cnc(Cl)c(F)c21. The number of fused-ring (bicyclic) bond motifs is 2. The van der Waals surface area contributed by atoms with Gasteiger partial charge in [0.1, 0.15) is 11.1 Å². The summed E-state index contributed by atoms with van der Waals surface area (Å²) in [7, 11) is 1.52. The van der Waals surface area contributed by atoms with Crippen LogP contribution in [0.2, 0.25) is 5.15 Å². The zero-order valence-corrected chi connectivity index (χ0v) is 15.7. The number of hydrogen-bond donors (Lipinski definition) is 0. The lowest BCUT2D eigenvalue weighted by Gasteiger charge is -2.26. The summed E-state index contributed by atoms with van der Waals surface area (Å²) < 4.78 is 22.6. The third kappa shape index (κ3) is 2.50. The van der Waals surface area contributed by atoms with Gasteiger partial charge >= 0.3 is 11.8 Å². The zero-order valence-electron chi connectivity index (χ0n) is 15.0. The molecular formula is C17H20ClFN4O3. The van der Waals surface area contributed by atoms with Crippen molar-refractivity contribution < 1.29 is 13.9 Å². The molecule has 2 fully saturated rings. The standard InChI is InChI=1S/C17H20ClFN4O3/c1-17(2,3)26-16(25)22-6-8-9(7-22)12(8)23-10-5-20-14(18)11(19)13(10)21(4)15(23)24/h5,8-9,12H,6-7H2,1-4H3/t8-,9+,12?. The number of imidazole rings is 1. The van der Waals surface area contributed by atoms with Gasteiger partial charge in [0.25, 0.3) is 0 Å². The van der Waals surface area contributed by atoms with E-state index in [4.69, 9.17) is 16.3 Å². The van der Waals surface area contributed by atoms with Crippen LogP contribution >= 0.6 is 11.6 Å². The number of ether oxygens (including phenoxy) is 1. The summed E-state index contributed by atoms with van der Waals surface area (Å²) in [4.78, 5) is 30.4. The first-order valence-corrected chi connectivity index (χ1v) is 8.87. The lowest BCUT2D eigenvalue weighted by atomic mass is 10.2. The lowest BCUT2D eigenvalue weighted by Crippen LogP contribution is -2.37. The molecule has 0 spiro atoms. The molecule has 0 aromatic carbocycles. The maximum Gasteiger partial charge on any atom is 0.410 e. The Bertz CT molecular complexity index is 965. The Morgan fingerprint density at radius 3 is 2.54 bits per heavy atom. The molecule has 1 aliphatic carbocycles. The van der Waals surface area contributed by atoms with E-state index in [1.54, 1.807) is 9.47 Å². The topological polar surface area (TPSA) is 69.4 Å². The van der Waals surface area contributed by atoms with Crippen LogP contribution in [0, 0.1) is 17.7 Å². The van der Waals surface area contributed by atoms with Gasteiger partial charge in [-0.05, 0) is 20.8 Å². The number of carbonyl (C=O) groups is 1. The zero-order chi connectivity index (χ0) is 19.0. The highest BCUT2D eigenvalue weighted by molar-refractivity contribution is 6.30. The summed E-state index contributed by atoms with van der Waals surface area (Å²) in [6.07, 6.45) is 1.09. The number of piperidine rings is 1. The molecule has 4 rings (SSSR count). The van der Waals surface area contributed by atoms with E-state index < -0.39 is 11.4 Å². The van der Waals surface area contributed by atoms with Gasteiger partial charge in [0, 0.05) is 38.0 Å². The molecule has 26 heavy (non-hydrogen) atoms. The molecule has 1 saturated carbocycles. The second-order valence-electron chi connectivity index (χ2n) is 8.01. The first-order valence-electron chi connectivity index (χ1n) is 8.49. The number of rotatable bonds is 1. The lowest BCUT2D eigenvalue weighted by molar-refractivity contribution is 0.0267. The van der Waals surface area contributed by atoms with Crippen molar-refractivity contribution in [2.45, 2.75) is 32.4 Å². The maximum atomic E-state index is 14.3. The third-order valence-corrected chi connectivity index (χ3v) is 5.38. The number of aryl methyl sites for hydroxylation is 1. The van der Waals surface area contributed by atoms with Crippen molar-refractivity contribution >= 4 is 28.7 Å². The molecule has 140 valence electrons. The van der Waals surface area contributed by atoms with Crippen LogP contribution in [0.3, 0.4) is 0 Å². The monoisotopic (exact) mass is 382 g/mol. The summed E-state index contributed by atoms with van der Waals surface area (Å²) >= 11 is 5.75. The van der Waals surface area contributed by atoms with Crippen molar-refractivity contribution in [1.82, 2.24) is 19.0 Å². The second kappa shape index (κ2) is 5.45. The smallest absolute Gasteiger partial charge is 0.410 e. The highest BCUT2D eigenvalue weighted by Crippen LogP contribution is 2.55. The number of amides is 1. The third-order valence-electron chi connectivity index (χ3n) is 5.12. The highest BCUT2D eigenvalue weighted by atomic mass is 35.5. The number of pyridine rings is 1. The van der Waals surface area contributed by atoms with Crippen molar-refractivity contribution in [2.24, 2.45) is 18.9 Å². The van der Waals surface area contributed by atoms with Crippen molar-refractivity contribution in [1.29, 1.82) is 0 Å². The van der Waals surface area contributed by atoms with Gasteiger partial charge in [-0.3, -0.25) is 9.13 Å². The minimum Gasteiger partial charge on any atom is -0.444 e. The molecule has 3 atom stereocenters. The molecule has 9 heteroatoms. The van der Waals surface area contributed by atoms with Crippen LogP contribution in [-0.2, 0) is 11.8 Å². The van der Waals surface area contributed by atoms with E-state index in [-0.39, 0.29) is 40.3 Å². The van der Waals surface area contributed by atoms with Gasteiger partial charge < -0.3 is 9.64 Å². The minimum absolute atomic E-state index is 0.0627. The summed E-state index contributed by atoms with van der Waals surface area (Å²) in [6.45, 7) is 6.53. The number of nitrogens with zero attached hydrogens (tertiary/aromatic N) is 4. The fourth-order valence-electron chi connectivity index (χ4n) is 3.94. The molecule has 1 saturated heterocycles. The first-order chi connectivity index (χ1) is 12.1. The van der Waals surface area contributed by atoms with Gasteiger partial charge in [0.15, 0.2) is 11.0 Å². The minimum atomic E-state index is -0.691. The van der Waals surface area contributed by atoms with Gasteiger partial charge in [-0.1, -0.05) is 11.6 Å². The fourth-order valence-corrected chi connectivity index (χ4v) is 4.08. The number of halogens is 2. The molecule has 0 radical (unpaired) electrons. The van der Waals surface area contributed by atoms with Gasteiger partial charge in [0.05, 0.1) is 11.7 Å². The van der Waals surface area contributed by atoms with Crippen molar-refractivity contribution in [3.63, 3.8) is 0 Å². The normalized spacial score (nSPS) is 24.8. The van der Waals surface area contributed by atoms with Crippen LogP contribution in [0.15, 0.2) is 11.0 Å². The summed E-state index contributed by atoms with van der Waals surface area (Å²) in [6, 6.07) is -0.0627. The molecule has 0 bridgehead atoms. The number of carbonyl (C=O) groups excluding carboxylic acids is 1. The van der Waals surface area contributed by atoms with Crippen LogP contribution < -0.4 is 5.69 Å². The Morgan fingerprint density at radius 1 is 1.35 bits per heavy atom. The van der Waals surface area contributed by atoms with Gasteiger partial charge in [-0.15, -0.1) is 0 Å². The van der Waals surface area contributed by atoms with Gasteiger partial charge in [-0.2, -0.15) is 0 Å². The molecule has 2 aromatic rings. The van der Waals surface area contributed by atoms with E-state index in [1.807, 2.05) is 20.8 Å². The van der Waals surface area contributed by atoms with Crippen molar-refractivity contribution in [2.75, 3.05) is 13.1 Å². The van der Waals surface area contributed by atoms with Crippen LogP contribution in [0.4, 0.5) is 9.18 Å². The Balaban J connectivity index is 1.60. The summed E-state index contributed by atoms with van der Waals surface area (Å²) in [5.41, 5.74) is -0.254. The number of likely N-dealkylation sites (tertiary alicyclic amines) is 1. The molecule has 1 amide bonds. The molecular weight excluding hydrogens is 363 g/mol. The van der Waals surface area contributed by atoms with E-state index in [0.717, 1.165) is 0 Å². The molecule has 1 unspecified atom stereocenters. The van der Waals surface area contributed by atoms with Gasteiger partial charge in [0.2, 0.25) is 0 Å². The molecule has 7 nitrogen and oxygen atoms in total. The van der Waals surface area contributed by atoms with Crippen LogP contribution in [0.1, 0.15) is 26.8 Å². The second-order valence-corrected chi connectivity index (χ2v) is 8.37. The first kappa shape index (κ1) is 17.3. The predicted molar refractivity (Wildman–Crippen MR) is 93.8 cm³/mol. The average molecular weight is 383 g/mol. The van der Waals surface area contributed by atoms with Crippen molar-refractivity contribution in [3.8, 4) is 0 Å². The number of aromatic nitrogens is 3. The molecule has 1 aliphatic heterocycles. The van der Waals surface area contributed by atoms with E-state index in [1.165, 1.54) is 17.8 Å². The summed E-state index contributed by atoms with van der Waals surface area (Å²) in [5, 5.41) is -0.252. The van der Waals surface area contributed by atoms with Gasteiger partial charge in [-0.25, -0.2) is 19.0 Å². The fraction of sp³-hybridized carbons (Fsp3) is 0.588. The van der Waals surface area contributed by atoms with Crippen LogP contribution in [-0.4, -0.2) is 43.8 Å². The molecule has 0 N–H and O–H groups in total. The maximum absolute atomic E-state index is 14.3. The highest BCUT2D eigenvalue weighted by Gasteiger charge is 2.59. The molecule has 2 aliphatic rings. The summed E-state index contributed by atoms with van der Waals surface area (Å²) in [5.74, 6) is -0.377. The van der Waals surface area contributed by atoms with Crippen LogP contribution in [0.25, 0.3) is 11.0 Å². The van der Waals surface area contributed by atoms with E-state index >= 15 is 0 Å². The van der Waals surface area contributed by atoms with Crippen LogP contribution in [0.5, 0.6) is 0 Å². The Morgan fingerprint density at radius 2 is 1.96 bits per heavy atom. The predicted octanol–water partition coefficient (Wildman–Crippen LogP) is 2.57. The van der Waals surface area contributed by atoms with E-state index in [9.17, 15) is 14.0 Å². The van der Waals surface area contributed by atoms with E-state index in [2.05, 4.69) is 4.98 Å². The Labute approximate surface area is 154 Å². The molecule has 3 heterocycles. The Hall–Kier alpha value is -2.09. The quantitative estimate of drug-likeness (QED) is 0.711. The molecule has 2 aromatic heterocycles. The van der Waals surface area contributed by atoms with E-state index in [0.29, 0.717) is 18.6 Å². The van der Waals surface area contributed by atoms with Crippen molar-refractivity contribution in [3.05, 3.63) is 27.7 Å². The number of hydrogen-bond acceptors (Lipinski definition) is 4. The Kier molecular flexibility index (Phi) is 3.63. The largest absolute Gasteiger partial charge is 0.444 e.